The van der Waals surface area contributed by atoms with Gasteiger partial charge in [0, 0.05) is 43.4 Å². The molecule has 1 fully saturated rings. The molecule has 3 heterocycles. The summed E-state index contributed by atoms with van der Waals surface area (Å²) in [6.45, 7) is 0.988. The molecule has 3 rings (SSSR count). The smallest absolute Gasteiger partial charge is 0.543 e. The summed E-state index contributed by atoms with van der Waals surface area (Å²) in [4.78, 5) is 53.5. The van der Waals surface area contributed by atoms with Gasteiger partial charge in [0.1, 0.15) is 18.0 Å². The number of esters is 1. The first-order valence-electron chi connectivity index (χ1n) is 8.61. The summed E-state index contributed by atoms with van der Waals surface area (Å²) in [6.07, 6.45) is 0.0740. The molecule has 0 bridgehead atoms. The molecule has 2 amide bonds. The van der Waals surface area contributed by atoms with Crippen LogP contribution >= 0.6 is 23.1 Å². The van der Waals surface area contributed by atoms with Crippen LogP contribution in [0.4, 0.5) is 0 Å². The maximum Gasteiger partial charge on any atom is 1.00 e. The van der Waals surface area contributed by atoms with Crippen molar-refractivity contribution in [3.05, 3.63) is 27.1 Å². The summed E-state index contributed by atoms with van der Waals surface area (Å²) in [5, 5.41) is 15.5. The molecule has 1 saturated heterocycles. The number of carboxylic acid groups (broad SMARTS) is 1. The third kappa shape index (κ3) is 4.83. The number of fused-ring (bicyclic) bond motifs is 1. The SMILES string of the molecule is CN=c1scc(CC(=O)NC2C(=O)N3C(C(=O)[O-])=C(COC(C)=O)CS[C@@H]23)n1C.[Na+]. The fourth-order valence-corrected chi connectivity index (χ4v) is 5.32. The van der Waals surface area contributed by atoms with Gasteiger partial charge in [-0.25, -0.2) is 0 Å². The van der Waals surface area contributed by atoms with Crippen LogP contribution in [0.2, 0.25) is 0 Å². The van der Waals surface area contributed by atoms with E-state index in [1.54, 1.807) is 18.7 Å². The van der Waals surface area contributed by atoms with Crippen LogP contribution in [0.5, 0.6) is 0 Å². The zero-order chi connectivity index (χ0) is 21.3. The molecule has 2 aliphatic heterocycles. The molecule has 1 N–H and O–H groups in total. The van der Waals surface area contributed by atoms with Crippen LogP contribution in [0.1, 0.15) is 12.6 Å². The van der Waals surface area contributed by atoms with Gasteiger partial charge in [0.25, 0.3) is 5.91 Å². The minimum absolute atomic E-state index is 0. The standard InChI is InChI=1S/C17H20N4O6S2.Na/c1-8(22)27-5-9-6-28-15-12(14(24)21(15)13(9)16(25)26)19-11(23)4-10-7-29-17(18-2)20(10)3;/h7,12,15H,4-6H2,1-3H3,(H,19,23)(H,25,26);/q;+1/p-1/t12?,15-;/m0./s1. The van der Waals surface area contributed by atoms with Crippen molar-refractivity contribution in [3.8, 4) is 0 Å². The number of carbonyl (C=O) groups excluding carboxylic acids is 4. The molecular weight excluding hydrogens is 443 g/mol. The van der Waals surface area contributed by atoms with E-state index in [1.807, 2.05) is 5.38 Å². The predicted octanol–water partition coefficient (Wildman–Crippen LogP) is -4.87. The van der Waals surface area contributed by atoms with Gasteiger partial charge < -0.3 is 24.5 Å². The van der Waals surface area contributed by atoms with Gasteiger partial charge in [0.15, 0.2) is 4.80 Å². The van der Waals surface area contributed by atoms with Gasteiger partial charge in [-0.2, -0.15) is 0 Å². The first kappa shape index (κ1) is 24.7. The summed E-state index contributed by atoms with van der Waals surface area (Å²) < 4.78 is 6.67. The topological polar surface area (TPSA) is 133 Å². The normalized spacial score (nSPS) is 20.8. The Labute approximate surface area is 202 Å². The van der Waals surface area contributed by atoms with Gasteiger partial charge in [-0.1, -0.05) is 0 Å². The van der Waals surface area contributed by atoms with E-state index in [0.29, 0.717) is 5.57 Å². The Hall–Kier alpha value is -1.60. The fraction of sp³-hybridized carbons (Fsp3) is 0.471. The number of aromatic nitrogens is 1. The van der Waals surface area contributed by atoms with Crippen molar-refractivity contribution < 1.29 is 58.6 Å². The summed E-state index contributed by atoms with van der Waals surface area (Å²) in [5.41, 5.74) is 0.761. The third-order valence-corrected chi connectivity index (χ3v) is 6.95. The molecule has 13 heteroatoms. The maximum absolute atomic E-state index is 12.5. The number of ether oxygens (including phenoxy) is 1. The van der Waals surface area contributed by atoms with Crippen LogP contribution in [0, 0.1) is 0 Å². The number of thiazole rings is 1. The van der Waals surface area contributed by atoms with E-state index in [-0.39, 0.29) is 59.9 Å². The average Bonchev–Trinajstić information content (AvgIpc) is 3.02. The molecular formula is C17H19N4NaO6S2. The number of rotatable bonds is 6. The van der Waals surface area contributed by atoms with Crippen molar-refractivity contribution in [3.63, 3.8) is 0 Å². The van der Waals surface area contributed by atoms with Crippen molar-refractivity contribution >= 4 is 46.9 Å². The molecule has 1 aromatic rings. The molecule has 30 heavy (non-hydrogen) atoms. The second kappa shape index (κ2) is 10.1. The molecule has 0 spiro atoms. The van der Waals surface area contributed by atoms with Gasteiger partial charge in [0.2, 0.25) is 5.91 Å². The van der Waals surface area contributed by atoms with Gasteiger partial charge >= 0.3 is 35.5 Å². The van der Waals surface area contributed by atoms with Gasteiger partial charge in [-0.15, -0.1) is 23.1 Å². The first-order chi connectivity index (χ1) is 13.7. The average molecular weight is 462 g/mol. The molecule has 0 saturated carbocycles. The van der Waals surface area contributed by atoms with E-state index in [1.165, 1.54) is 30.0 Å². The third-order valence-electron chi connectivity index (χ3n) is 4.56. The Bertz CT molecular complexity index is 985. The summed E-state index contributed by atoms with van der Waals surface area (Å²) >= 11 is 2.71. The van der Waals surface area contributed by atoms with Gasteiger partial charge in [0.05, 0.1) is 18.1 Å². The molecule has 1 unspecified atom stereocenters. The van der Waals surface area contributed by atoms with E-state index in [9.17, 15) is 24.3 Å². The minimum atomic E-state index is -1.52. The molecule has 2 aliphatic rings. The number of nitrogens with zero attached hydrogens (tertiary/aromatic N) is 3. The second-order valence-corrected chi connectivity index (χ2v) is 8.39. The Morgan fingerprint density at radius 2 is 2.10 bits per heavy atom. The van der Waals surface area contributed by atoms with Crippen molar-refractivity contribution in [1.82, 2.24) is 14.8 Å². The first-order valence-corrected chi connectivity index (χ1v) is 10.5. The number of amides is 2. The molecule has 156 valence electrons. The number of hydrogen-bond acceptors (Lipinski definition) is 9. The number of aliphatic carboxylic acids is 1. The zero-order valence-electron chi connectivity index (χ0n) is 17.0. The fourth-order valence-electron chi connectivity index (χ4n) is 3.13. The van der Waals surface area contributed by atoms with E-state index in [2.05, 4.69) is 10.3 Å². The van der Waals surface area contributed by atoms with Crippen molar-refractivity contribution in [2.75, 3.05) is 19.4 Å². The molecule has 0 radical (unpaired) electrons. The number of carboxylic acids is 1. The molecule has 2 atom stereocenters. The van der Waals surface area contributed by atoms with E-state index in [0.717, 1.165) is 15.4 Å². The molecule has 10 nitrogen and oxygen atoms in total. The summed E-state index contributed by atoms with van der Waals surface area (Å²) in [6, 6.07) is -0.823. The number of β-lactam (4-membered cyclic amide) rings is 1. The maximum atomic E-state index is 12.5. The number of nitrogens with one attached hydrogen (secondary N) is 1. The zero-order valence-corrected chi connectivity index (χ0v) is 20.6. The Balaban J connectivity index is 0.00000320. The largest absolute Gasteiger partial charge is 1.00 e. The number of thioether (sulfide) groups is 1. The van der Waals surface area contributed by atoms with Crippen molar-refractivity contribution in [1.29, 1.82) is 0 Å². The predicted molar refractivity (Wildman–Crippen MR) is 102 cm³/mol. The van der Waals surface area contributed by atoms with Crippen molar-refractivity contribution in [2.45, 2.75) is 24.8 Å². The number of carbonyl (C=O) groups is 4. The van der Waals surface area contributed by atoms with Crippen molar-refractivity contribution in [2.24, 2.45) is 12.0 Å². The van der Waals surface area contributed by atoms with Crippen LogP contribution in [-0.2, 0) is 37.4 Å². The van der Waals surface area contributed by atoms with Gasteiger partial charge in [-0.3, -0.25) is 24.3 Å². The van der Waals surface area contributed by atoms with Crippen LogP contribution < -0.4 is 44.8 Å². The van der Waals surface area contributed by atoms with Gasteiger partial charge in [-0.05, 0) is 0 Å². The van der Waals surface area contributed by atoms with E-state index >= 15 is 0 Å². The summed E-state index contributed by atoms with van der Waals surface area (Å²) in [7, 11) is 3.46. The number of hydrogen-bond donors (Lipinski definition) is 1. The second-order valence-electron chi connectivity index (χ2n) is 6.44. The van der Waals surface area contributed by atoms with E-state index < -0.39 is 29.3 Å². The molecule has 0 aliphatic carbocycles. The molecule has 1 aromatic heterocycles. The van der Waals surface area contributed by atoms with Crippen LogP contribution in [0.3, 0.4) is 0 Å². The van der Waals surface area contributed by atoms with Crippen LogP contribution in [0.15, 0.2) is 21.6 Å². The summed E-state index contributed by atoms with van der Waals surface area (Å²) in [5.74, 6) is -2.70. The molecule has 0 aromatic carbocycles. The van der Waals surface area contributed by atoms with E-state index in [4.69, 9.17) is 4.74 Å². The van der Waals surface area contributed by atoms with Crippen LogP contribution in [-0.4, -0.2) is 64.0 Å². The quantitative estimate of drug-likeness (QED) is 0.255. The van der Waals surface area contributed by atoms with Crippen LogP contribution in [0.25, 0.3) is 0 Å². The Morgan fingerprint density at radius 1 is 1.40 bits per heavy atom. The minimum Gasteiger partial charge on any atom is -0.543 e. The Morgan fingerprint density at radius 3 is 2.67 bits per heavy atom. The Kier molecular flexibility index (Phi) is 8.34. The monoisotopic (exact) mass is 462 g/mol.